The lowest BCUT2D eigenvalue weighted by Gasteiger charge is -2.23. The van der Waals surface area contributed by atoms with Gasteiger partial charge in [-0.05, 0) is 58.1 Å². The van der Waals surface area contributed by atoms with Crippen LogP contribution in [0.1, 0.15) is 60.1 Å². The van der Waals surface area contributed by atoms with Crippen molar-refractivity contribution in [2.45, 2.75) is 58.4 Å². The Balaban J connectivity index is 1.83. The number of nitrogens with one attached hydrogen (secondary N) is 1. The van der Waals surface area contributed by atoms with Crippen molar-refractivity contribution in [2.75, 3.05) is 20.2 Å². The first-order chi connectivity index (χ1) is 12.2. The lowest BCUT2D eigenvalue weighted by Crippen LogP contribution is -2.46. The first-order valence-electron chi connectivity index (χ1n) is 8.99. The van der Waals surface area contributed by atoms with Crippen molar-refractivity contribution in [3.05, 3.63) is 21.4 Å². The molecule has 1 N–H and O–H groups in total. The Labute approximate surface area is 158 Å². The van der Waals surface area contributed by atoms with E-state index in [1.807, 2.05) is 26.8 Å². The van der Waals surface area contributed by atoms with E-state index in [9.17, 15) is 14.4 Å². The molecule has 1 heterocycles. The fourth-order valence-corrected chi connectivity index (χ4v) is 3.99. The minimum absolute atomic E-state index is 0.0685. The van der Waals surface area contributed by atoms with Crippen LogP contribution in [0.5, 0.6) is 0 Å². The summed E-state index contributed by atoms with van der Waals surface area (Å²) in [6.45, 7) is 5.19. The van der Waals surface area contributed by atoms with Crippen LogP contribution in [0.25, 0.3) is 0 Å². The summed E-state index contributed by atoms with van der Waals surface area (Å²) in [5, 5.41) is 2.79. The zero-order valence-corrected chi connectivity index (χ0v) is 16.8. The number of carbonyl (C=O) groups excluding carboxylic acids is 3. The van der Waals surface area contributed by atoms with Crippen LogP contribution in [-0.2, 0) is 27.2 Å². The summed E-state index contributed by atoms with van der Waals surface area (Å²) < 4.78 is 5.15. The molecule has 7 heteroatoms. The molecule has 0 unspecified atom stereocenters. The minimum Gasteiger partial charge on any atom is -0.451 e. The van der Waals surface area contributed by atoms with E-state index in [0.29, 0.717) is 4.88 Å². The number of rotatable bonds is 5. The third-order valence-electron chi connectivity index (χ3n) is 4.10. The molecule has 1 aromatic rings. The number of thiophene rings is 1. The third kappa shape index (κ3) is 6.12. The normalized spacial score (nSPS) is 14.2. The Bertz CT molecular complexity index is 652. The van der Waals surface area contributed by atoms with Crippen LogP contribution < -0.4 is 5.32 Å². The van der Waals surface area contributed by atoms with Gasteiger partial charge in [0.25, 0.3) is 5.91 Å². The van der Waals surface area contributed by atoms with E-state index in [4.69, 9.17) is 4.74 Å². The third-order valence-corrected chi connectivity index (χ3v) is 5.31. The number of nitrogens with zero attached hydrogens (tertiary/aromatic N) is 1. The predicted octanol–water partition coefficient (Wildman–Crippen LogP) is 2.55. The fourth-order valence-electron chi connectivity index (χ4n) is 2.84. The number of fused-ring (bicyclic) bond motifs is 1. The number of carbonyl (C=O) groups is 3. The fraction of sp³-hybridized carbons (Fsp3) is 0.632. The highest BCUT2D eigenvalue weighted by molar-refractivity contribution is 7.14. The molecular formula is C19H28N2O4S. The predicted molar refractivity (Wildman–Crippen MR) is 101 cm³/mol. The van der Waals surface area contributed by atoms with Gasteiger partial charge in [-0.2, -0.15) is 0 Å². The molecule has 0 spiro atoms. The molecule has 0 fully saturated rings. The SMILES string of the molecule is CN(CC(=O)NC(C)(C)C)C(=O)COC(=O)c1cc2c(s1)CCCCC2. The second kappa shape index (κ2) is 8.66. The van der Waals surface area contributed by atoms with Crippen molar-refractivity contribution in [3.8, 4) is 0 Å². The van der Waals surface area contributed by atoms with Crippen LogP contribution in [0.3, 0.4) is 0 Å². The Kier molecular flexibility index (Phi) is 6.81. The van der Waals surface area contributed by atoms with Gasteiger partial charge in [-0.3, -0.25) is 9.59 Å². The Morgan fingerprint density at radius 2 is 1.88 bits per heavy atom. The van der Waals surface area contributed by atoms with Gasteiger partial charge in [-0.15, -0.1) is 11.3 Å². The van der Waals surface area contributed by atoms with Gasteiger partial charge >= 0.3 is 5.97 Å². The van der Waals surface area contributed by atoms with Crippen LogP contribution in [-0.4, -0.2) is 48.4 Å². The number of aryl methyl sites for hydroxylation is 2. The smallest absolute Gasteiger partial charge is 0.348 e. The van der Waals surface area contributed by atoms with Crippen LogP contribution in [0.2, 0.25) is 0 Å². The van der Waals surface area contributed by atoms with Crippen molar-refractivity contribution in [3.63, 3.8) is 0 Å². The maximum atomic E-state index is 12.2. The largest absolute Gasteiger partial charge is 0.451 e. The molecule has 0 bridgehead atoms. The number of hydrogen-bond donors (Lipinski definition) is 1. The molecule has 0 saturated carbocycles. The van der Waals surface area contributed by atoms with Gasteiger partial charge in [0.2, 0.25) is 5.91 Å². The van der Waals surface area contributed by atoms with Gasteiger partial charge in [0.15, 0.2) is 6.61 Å². The van der Waals surface area contributed by atoms with Crippen molar-refractivity contribution < 1.29 is 19.1 Å². The van der Waals surface area contributed by atoms with E-state index in [2.05, 4.69) is 5.32 Å². The van der Waals surface area contributed by atoms with Gasteiger partial charge in [-0.1, -0.05) is 6.42 Å². The molecule has 144 valence electrons. The van der Waals surface area contributed by atoms with Crippen LogP contribution in [0, 0.1) is 0 Å². The average Bonchev–Trinajstić information content (AvgIpc) is 2.81. The van der Waals surface area contributed by atoms with Crippen LogP contribution in [0.15, 0.2) is 6.07 Å². The van der Waals surface area contributed by atoms with Crippen molar-refractivity contribution in [1.82, 2.24) is 10.2 Å². The quantitative estimate of drug-likeness (QED) is 0.629. The summed E-state index contributed by atoms with van der Waals surface area (Å²) in [5.74, 6) is -1.12. The minimum atomic E-state index is -0.469. The Morgan fingerprint density at radius 3 is 2.58 bits per heavy atom. The summed E-state index contributed by atoms with van der Waals surface area (Å²) >= 11 is 1.47. The van der Waals surface area contributed by atoms with E-state index in [-0.39, 0.29) is 24.6 Å². The van der Waals surface area contributed by atoms with Crippen molar-refractivity contribution >= 4 is 29.1 Å². The number of likely N-dealkylation sites (N-methyl/N-ethyl adjacent to an activating group) is 1. The first-order valence-corrected chi connectivity index (χ1v) is 9.81. The molecule has 1 aliphatic rings. The molecule has 0 radical (unpaired) electrons. The molecule has 0 saturated heterocycles. The zero-order chi connectivity index (χ0) is 19.3. The summed E-state index contributed by atoms with van der Waals surface area (Å²) in [4.78, 5) is 39.3. The molecule has 2 rings (SSSR count). The second-order valence-corrected chi connectivity index (χ2v) is 8.88. The Morgan fingerprint density at radius 1 is 1.19 bits per heavy atom. The summed E-state index contributed by atoms with van der Waals surface area (Å²) in [7, 11) is 1.52. The van der Waals surface area contributed by atoms with Gasteiger partial charge in [-0.25, -0.2) is 4.79 Å². The molecule has 26 heavy (non-hydrogen) atoms. The van der Waals surface area contributed by atoms with Crippen molar-refractivity contribution in [2.24, 2.45) is 0 Å². The van der Waals surface area contributed by atoms with Gasteiger partial charge in [0.05, 0.1) is 6.54 Å². The molecule has 6 nitrogen and oxygen atoms in total. The maximum absolute atomic E-state index is 12.2. The van der Waals surface area contributed by atoms with E-state index in [0.717, 1.165) is 25.7 Å². The van der Waals surface area contributed by atoms with Crippen molar-refractivity contribution in [1.29, 1.82) is 0 Å². The summed E-state index contributed by atoms with van der Waals surface area (Å²) in [6, 6.07) is 1.90. The standard InChI is InChI=1S/C19H28N2O4S/c1-19(2,3)20-16(22)11-21(4)17(23)12-25-18(24)15-10-13-8-6-5-7-9-14(13)26-15/h10H,5-9,11-12H2,1-4H3,(H,20,22). The second-order valence-electron chi connectivity index (χ2n) is 7.74. The number of esters is 1. The van der Waals surface area contributed by atoms with Gasteiger partial charge < -0.3 is 15.0 Å². The zero-order valence-electron chi connectivity index (χ0n) is 16.0. The lowest BCUT2D eigenvalue weighted by molar-refractivity contribution is -0.137. The van der Waals surface area contributed by atoms with E-state index in [1.54, 1.807) is 0 Å². The van der Waals surface area contributed by atoms with Gasteiger partial charge in [0, 0.05) is 17.5 Å². The highest BCUT2D eigenvalue weighted by atomic mass is 32.1. The highest BCUT2D eigenvalue weighted by Gasteiger charge is 2.21. The maximum Gasteiger partial charge on any atom is 0.348 e. The monoisotopic (exact) mass is 380 g/mol. The highest BCUT2D eigenvalue weighted by Crippen LogP contribution is 2.29. The molecule has 2 amide bonds. The molecule has 1 aromatic heterocycles. The average molecular weight is 381 g/mol. The van der Waals surface area contributed by atoms with Crippen LogP contribution in [0.4, 0.5) is 0 Å². The number of amides is 2. The first kappa shape index (κ1) is 20.4. The topological polar surface area (TPSA) is 75.7 Å². The molecule has 1 aliphatic carbocycles. The summed E-state index contributed by atoms with van der Waals surface area (Å²) in [6.07, 6.45) is 5.55. The van der Waals surface area contributed by atoms with E-state index >= 15 is 0 Å². The van der Waals surface area contributed by atoms with E-state index < -0.39 is 11.9 Å². The van der Waals surface area contributed by atoms with Gasteiger partial charge in [0.1, 0.15) is 4.88 Å². The van der Waals surface area contributed by atoms with E-state index in [1.165, 1.54) is 40.1 Å². The number of hydrogen-bond acceptors (Lipinski definition) is 5. The molecular weight excluding hydrogens is 352 g/mol. The lowest BCUT2D eigenvalue weighted by atomic mass is 10.1. The molecule has 0 atom stereocenters. The molecule has 0 aliphatic heterocycles. The Hall–Kier alpha value is -1.89. The molecule has 0 aromatic carbocycles. The number of ether oxygens (including phenoxy) is 1. The van der Waals surface area contributed by atoms with Crippen LogP contribution >= 0.6 is 11.3 Å². The summed E-state index contributed by atoms with van der Waals surface area (Å²) in [5.41, 5.74) is 0.881.